The number of halogens is 4. The number of nitrogens with zero attached hydrogens (tertiary/aromatic N) is 14. The summed E-state index contributed by atoms with van der Waals surface area (Å²) < 4.78 is 78.1. The molecule has 616 valence electrons. The second kappa shape index (κ2) is 46.2. The Labute approximate surface area is 780 Å². The summed E-state index contributed by atoms with van der Waals surface area (Å²) in [6.45, 7) is 43.6. The number of carbonyl (C=O) groups is 4. The number of sulfone groups is 1. The molecule has 31 nitrogen and oxygen atoms in total. The molecule has 0 unspecified atom stereocenters. The van der Waals surface area contributed by atoms with E-state index in [0.717, 1.165) is 12.3 Å². The van der Waals surface area contributed by atoms with Crippen LogP contribution >= 0.6 is 75.0 Å². The summed E-state index contributed by atoms with van der Waals surface area (Å²) in [5, 5.41) is 45.6. The number of aryl methyl sites for hydroxylation is 4. The molecule has 0 saturated carbocycles. The van der Waals surface area contributed by atoms with Crippen molar-refractivity contribution in [2.45, 2.75) is 178 Å². The first-order valence-electron chi connectivity index (χ1n) is 33.7. The molecule has 0 aliphatic carbocycles. The number of aromatic nitrogens is 13. The van der Waals surface area contributed by atoms with E-state index < -0.39 is 42.5 Å². The molecule has 0 aromatic carbocycles. The molecule has 112 heavy (non-hydrogen) atoms. The summed E-state index contributed by atoms with van der Waals surface area (Å²) in [6.07, 6.45) is 10.1. The zero-order valence-electron chi connectivity index (χ0n) is 69.2. The molecule has 4 N–H and O–H groups in total. The number of carboxylic acids is 1. The minimum Gasteiger partial charge on any atom is -1.00 e. The zero-order chi connectivity index (χ0) is 80.0. The third-order valence-electron chi connectivity index (χ3n) is 14.9. The van der Waals surface area contributed by atoms with Gasteiger partial charge in [0.15, 0.2) is 17.5 Å². The van der Waals surface area contributed by atoms with Crippen molar-refractivity contribution in [2.75, 3.05) is 37.8 Å². The van der Waals surface area contributed by atoms with Crippen LogP contribution in [0.4, 0.5) is 5.82 Å². The minimum atomic E-state index is -4.33. The molecule has 2 atom stereocenters. The largest absolute Gasteiger partial charge is 1.00 e. The van der Waals surface area contributed by atoms with Crippen LogP contribution in [0.3, 0.4) is 0 Å². The Morgan fingerprint density at radius 2 is 1.00 bits per heavy atom. The summed E-state index contributed by atoms with van der Waals surface area (Å²) in [5.41, 5.74) is 0.465. The van der Waals surface area contributed by atoms with Gasteiger partial charge in [0.2, 0.25) is 37.5 Å². The minimum absolute atomic E-state index is 0. The molecule has 2 fully saturated rings. The van der Waals surface area contributed by atoms with Gasteiger partial charge in [-0.1, -0.05) is 99.4 Å². The number of pyridine rings is 3. The maximum atomic E-state index is 13.6. The topological polar surface area (TPSA) is 395 Å². The first kappa shape index (κ1) is 110. The molecule has 8 aromatic heterocycles. The fourth-order valence-electron chi connectivity index (χ4n) is 10.5. The van der Waals surface area contributed by atoms with E-state index in [4.69, 9.17) is 67.4 Å². The number of sulfonamides is 1. The molecule has 2 saturated heterocycles. The maximum absolute atomic E-state index is 13.6. The fraction of sp³-hybridized carbons (Fsp3) is 0.521. The van der Waals surface area contributed by atoms with Crippen LogP contribution in [0.25, 0.3) is 17.5 Å². The quantitative estimate of drug-likeness (QED) is 0.0260. The van der Waals surface area contributed by atoms with Crippen LogP contribution in [-0.2, 0) is 48.4 Å². The molecular formula is C71H108Cl4K2N16O15S4. The number of aromatic carboxylic acids is 1. The Hall–Kier alpha value is -4.31. The van der Waals surface area contributed by atoms with Gasteiger partial charge < -0.3 is 45.8 Å². The SMILES string of the molecule is CC(C)(C)COc1ccn(-c2ccc(C(=O)O)c(Cl)n2)n1.CC(C)(C)COc1ccn(-c2ccc(C(=O)OC(C)(C)C)c(Cl)n2)n1.C[C@@H]1CNC(C)(C)C1.Cc1nn(C)cc1S(=O)(=O)C(=O)c1ccc(-n2ccc(OCC(C)(C)C)n2)nc1N1C[C@@H](C)CC1(C)C.Cc1nn(C)cc1S(N)(=O)=O.Cl.Cl.O=CO[O-].S.S.[H-].[K+].[K+]. The molecule has 41 heteroatoms. The standard InChI is InChI=1S/C26H36N6O4S.C18H24ClN3O3.C14H16ClN3O3.C7H15N.C5H9N3O2S.CH2O3.2ClH.2K.2H2S.H/c1-17-13-26(6,7)31(14-17)23-19(24(33)37(34,35)20-15-30(8)28-18(20)2)9-10-21(27-23)32-12-11-22(29-32)36-16-25(3,4)5;1-17(2,3)11-24-14-9-10-22(21-14)13-8-7-12(15(19)20-13)16(23)25-18(4,5)6;1-14(2,3)8-21-11-6-7-18(17-11)10-5-4-9(13(19)20)12(15)16-10;1-6-4-7(2,3)8-5-6;1-4-5(11(6,9)10)3-8(2)7-4;2-1-4-3;;;;;;;/h9-12,15,17H,13-14,16H2,1-8H3;7-10H,11H2,1-6H3;4-7H,8H2,1-3H3,(H,19,20);6,8H,4-5H2,1-3H3;3H,1-2H3,(H2,6,9,10);1,3H;2*1H;;;2*1H2;/q;;;;;;;;2*+1;;;-1/p-1/t17-;;;6-;;;;;;;;;/m0..0........./s1. The average molecular weight is 1770 g/mol. The second-order valence-electron chi connectivity index (χ2n) is 31.5. The van der Waals surface area contributed by atoms with E-state index >= 15 is 0 Å². The van der Waals surface area contributed by atoms with Gasteiger partial charge in [0.05, 0.1) is 47.9 Å². The average Bonchev–Trinajstić information content (AvgIpc) is 1.68. The third-order valence-corrected chi connectivity index (χ3v) is 18.2. The van der Waals surface area contributed by atoms with Gasteiger partial charge >= 0.3 is 115 Å². The Morgan fingerprint density at radius 1 is 0.625 bits per heavy atom. The van der Waals surface area contributed by atoms with Gasteiger partial charge in [0, 0.05) is 80.9 Å². The van der Waals surface area contributed by atoms with Crippen LogP contribution in [0.2, 0.25) is 10.3 Å². The van der Waals surface area contributed by atoms with E-state index in [1.165, 1.54) is 57.6 Å². The van der Waals surface area contributed by atoms with E-state index in [2.05, 4.69) is 150 Å². The van der Waals surface area contributed by atoms with Crippen LogP contribution in [0.5, 0.6) is 17.6 Å². The van der Waals surface area contributed by atoms with Crippen LogP contribution in [0, 0.1) is 41.9 Å². The predicted octanol–water partition coefficient (Wildman–Crippen LogP) is 5.71. The number of nitrogens with one attached hydrogen (secondary N) is 1. The van der Waals surface area contributed by atoms with E-state index in [9.17, 15) is 31.2 Å². The number of carboxylic acid groups (broad SMARTS) is 1. The molecule has 0 spiro atoms. The molecule has 0 bridgehead atoms. The molecule has 0 radical (unpaired) electrons. The van der Waals surface area contributed by atoms with Crippen LogP contribution in [0.15, 0.2) is 95.4 Å². The van der Waals surface area contributed by atoms with Gasteiger partial charge in [-0.05, 0) is 146 Å². The number of esters is 1. The molecule has 2 aliphatic heterocycles. The van der Waals surface area contributed by atoms with Crippen molar-refractivity contribution < 1.29 is 174 Å². The van der Waals surface area contributed by atoms with Crippen LogP contribution in [0.1, 0.15) is 181 Å². The normalized spacial score (nSPS) is 14.6. The Balaban J connectivity index is -0.00000140. The molecule has 0 amide bonds. The summed E-state index contributed by atoms with van der Waals surface area (Å²) in [5.74, 6) is 2.75. The van der Waals surface area contributed by atoms with E-state index in [-0.39, 0.29) is 227 Å². The second-order valence-corrected chi connectivity index (χ2v) is 35.6. The Kier molecular flexibility index (Phi) is 45.2. The number of carbonyl (C=O) groups excluding carboxylic acids is 3. The third kappa shape index (κ3) is 35.1. The molecule has 2 aliphatic rings. The fourth-order valence-corrected chi connectivity index (χ4v) is 13.0. The zero-order valence-corrected chi connectivity index (χ0v) is 81.2. The first-order chi connectivity index (χ1) is 48.7. The van der Waals surface area contributed by atoms with E-state index in [1.54, 1.807) is 113 Å². The summed E-state index contributed by atoms with van der Waals surface area (Å²) in [7, 11) is -4.67. The van der Waals surface area contributed by atoms with Crippen molar-refractivity contribution in [1.29, 1.82) is 0 Å². The van der Waals surface area contributed by atoms with Crippen molar-refractivity contribution in [3.05, 3.63) is 124 Å². The number of anilines is 1. The summed E-state index contributed by atoms with van der Waals surface area (Å²) in [4.78, 5) is 62.9. The van der Waals surface area contributed by atoms with Gasteiger partial charge in [0.1, 0.15) is 31.5 Å². The van der Waals surface area contributed by atoms with E-state index in [1.807, 2.05) is 4.90 Å². The Morgan fingerprint density at radius 3 is 1.28 bits per heavy atom. The van der Waals surface area contributed by atoms with Crippen molar-refractivity contribution in [2.24, 2.45) is 47.3 Å². The van der Waals surface area contributed by atoms with Gasteiger partial charge in [-0.25, -0.2) is 60.6 Å². The first-order valence-corrected chi connectivity index (χ1v) is 37.5. The van der Waals surface area contributed by atoms with Crippen molar-refractivity contribution in [1.82, 2.24) is 69.2 Å². The summed E-state index contributed by atoms with van der Waals surface area (Å²) >= 11 is 12.0. The van der Waals surface area contributed by atoms with Crippen molar-refractivity contribution in [3.8, 4) is 35.1 Å². The number of ether oxygens (including phenoxy) is 4. The van der Waals surface area contributed by atoms with Crippen LogP contribution < -0.4 is 138 Å². The van der Waals surface area contributed by atoms with Gasteiger partial charge in [0.25, 0.3) is 11.6 Å². The van der Waals surface area contributed by atoms with Gasteiger partial charge in [-0.2, -0.15) is 37.2 Å². The molecule has 8 aromatic rings. The molecule has 10 heterocycles. The van der Waals surface area contributed by atoms with Gasteiger partial charge in [-0.15, -0.1) is 40.1 Å². The van der Waals surface area contributed by atoms with Crippen molar-refractivity contribution in [3.63, 3.8) is 0 Å². The van der Waals surface area contributed by atoms with Crippen LogP contribution in [-0.4, -0.2) is 159 Å². The predicted molar refractivity (Wildman–Crippen MR) is 434 cm³/mol. The molecule has 10 rings (SSSR count). The maximum Gasteiger partial charge on any atom is 1.00 e. The molecular weight excluding hydrogens is 1670 g/mol. The Bertz CT molecular complexity index is 4600. The van der Waals surface area contributed by atoms with E-state index in [0.29, 0.717) is 84.4 Å². The number of hydrogen-bond acceptors (Lipinski definition) is 24. The number of rotatable bonds is 16. The number of nitrogens with two attached hydrogens (primary N) is 1. The van der Waals surface area contributed by atoms with Gasteiger partial charge in [-0.3, -0.25) is 19.0 Å². The smallest absolute Gasteiger partial charge is 1.00 e. The number of hydrogen-bond donors (Lipinski definition) is 3. The monoisotopic (exact) mass is 1770 g/mol. The van der Waals surface area contributed by atoms with Crippen molar-refractivity contribution >= 4 is 124 Å². The summed E-state index contributed by atoms with van der Waals surface area (Å²) in [6, 6.07) is 14.5. The number of primary sulfonamides is 1.